The highest BCUT2D eigenvalue weighted by atomic mass is 79.9. The molecular weight excluding hydrogens is 560 g/mol. The molecule has 1 aliphatic heterocycles. The van der Waals surface area contributed by atoms with Crippen LogP contribution in [0.1, 0.15) is 16.7 Å². The summed E-state index contributed by atoms with van der Waals surface area (Å²) in [7, 11) is 0. The Kier molecular flexibility index (Phi) is 6.60. The molecule has 8 heteroatoms. The number of amides is 4. The first-order valence-corrected chi connectivity index (χ1v) is 11.5. The molecule has 3 aromatic rings. The fourth-order valence-electron chi connectivity index (χ4n) is 3.29. The van der Waals surface area contributed by atoms with E-state index in [1.165, 1.54) is 6.08 Å². The first-order chi connectivity index (χ1) is 15.3. The molecule has 0 radical (unpaired) electrons. The lowest BCUT2D eigenvalue weighted by atomic mass is 10.0. The van der Waals surface area contributed by atoms with Crippen LogP contribution in [0.2, 0.25) is 5.02 Å². The van der Waals surface area contributed by atoms with Crippen molar-refractivity contribution in [2.75, 3.05) is 4.90 Å². The van der Waals surface area contributed by atoms with E-state index in [1.807, 2.05) is 42.5 Å². The molecule has 1 aliphatic rings. The van der Waals surface area contributed by atoms with Crippen LogP contribution in [0.5, 0.6) is 0 Å². The van der Waals surface area contributed by atoms with Crippen molar-refractivity contribution in [3.63, 3.8) is 0 Å². The van der Waals surface area contributed by atoms with Crippen molar-refractivity contribution >= 4 is 73.1 Å². The highest BCUT2D eigenvalue weighted by molar-refractivity contribution is 9.10. The standard InChI is InChI=1S/C24H15Br2ClN2O3/c25-17-7-9-18(10-8-17)29-23(31)19(22(30)28-24(29)32)11-14-5-6-15(20(26)12-14)13-16-3-1-2-4-21(16)27/h1-12H,13H2,(H,28,30,32)/b19-11+. The molecule has 0 aromatic heterocycles. The lowest BCUT2D eigenvalue weighted by Crippen LogP contribution is -2.54. The molecule has 4 rings (SSSR count). The predicted molar refractivity (Wildman–Crippen MR) is 132 cm³/mol. The van der Waals surface area contributed by atoms with Gasteiger partial charge in [-0.05, 0) is 59.2 Å². The van der Waals surface area contributed by atoms with Crippen molar-refractivity contribution in [2.24, 2.45) is 0 Å². The summed E-state index contributed by atoms with van der Waals surface area (Å²) in [5, 5.41) is 2.92. The SMILES string of the molecule is O=C1NC(=O)N(c2ccc(Br)cc2)C(=O)/C1=C/c1ccc(Cc2ccccc2Cl)c(Br)c1. The number of carbonyl (C=O) groups is 3. The Morgan fingerprint density at radius 2 is 1.62 bits per heavy atom. The molecule has 1 fully saturated rings. The molecule has 0 saturated carbocycles. The molecule has 32 heavy (non-hydrogen) atoms. The molecule has 1 N–H and O–H groups in total. The number of anilines is 1. The van der Waals surface area contributed by atoms with E-state index in [0.29, 0.717) is 22.7 Å². The maximum Gasteiger partial charge on any atom is 0.335 e. The topological polar surface area (TPSA) is 66.5 Å². The average Bonchev–Trinajstić information content (AvgIpc) is 2.75. The third-order valence-corrected chi connectivity index (χ3v) is 6.55. The largest absolute Gasteiger partial charge is 0.335 e. The number of rotatable bonds is 4. The Morgan fingerprint density at radius 3 is 2.31 bits per heavy atom. The van der Waals surface area contributed by atoms with Gasteiger partial charge in [-0.25, -0.2) is 9.69 Å². The first-order valence-electron chi connectivity index (χ1n) is 9.52. The minimum absolute atomic E-state index is 0.127. The minimum Gasteiger partial charge on any atom is -0.273 e. The number of halogens is 3. The van der Waals surface area contributed by atoms with E-state index < -0.39 is 17.8 Å². The van der Waals surface area contributed by atoms with E-state index in [0.717, 1.165) is 25.0 Å². The van der Waals surface area contributed by atoms with Crippen molar-refractivity contribution in [1.82, 2.24) is 5.32 Å². The molecule has 0 aliphatic carbocycles. The second-order valence-corrected chi connectivity index (χ2v) is 9.23. The van der Waals surface area contributed by atoms with E-state index >= 15 is 0 Å². The monoisotopic (exact) mass is 572 g/mol. The summed E-state index contributed by atoms with van der Waals surface area (Å²) in [6, 6.07) is 19.0. The number of urea groups is 1. The number of nitrogens with one attached hydrogen (secondary N) is 1. The molecule has 4 amide bonds. The van der Waals surface area contributed by atoms with Gasteiger partial charge < -0.3 is 0 Å². The Balaban J connectivity index is 1.63. The number of imide groups is 2. The van der Waals surface area contributed by atoms with Gasteiger partial charge in [0.2, 0.25) is 0 Å². The molecule has 0 unspecified atom stereocenters. The second-order valence-electron chi connectivity index (χ2n) is 7.05. The molecule has 1 heterocycles. The van der Waals surface area contributed by atoms with Crippen LogP contribution in [0.25, 0.3) is 6.08 Å². The maximum absolute atomic E-state index is 13.0. The van der Waals surface area contributed by atoms with Gasteiger partial charge in [-0.15, -0.1) is 0 Å². The van der Waals surface area contributed by atoms with Gasteiger partial charge in [-0.3, -0.25) is 14.9 Å². The third kappa shape index (κ3) is 4.70. The molecule has 5 nitrogen and oxygen atoms in total. The normalized spacial score (nSPS) is 15.3. The summed E-state index contributed by atoms with van der Waals surface area (Å²) in [6.07, 6.45) is 2.10. The fraction of sp³-hybridized carbons (Fsp3) is 0.0417. The number of hydrogen-bond donors (Lipinski definition) is 1. The Bertz CT molecular complexity index is 1270. The van der Waals surface area contributed by atoms with Gasteiger partial charge in [-0.2, -0.15) is 0 Å². The summed E-state index contributed by atoms with van der Waals surface area (Å²) in [6.45, 7) is 0. The van der Waals surface area contributed by atoms with Crippen molar-refractivity contribution in [3.8, 4) is 0 Å². The van der Waals surface area contributed by atoms with Gasteiger partial charge in [0.25, 0.3) is 11.8 Å². The summed E-state index contributed by atoms with van der Waals surface area (Å²) >= 11 is 13.1. The number of carbonyl (C=O) groups excluding carboxylic acids is 3. The molecule has 0 spiro atoms. The van der Waals surface area contributed by atoms with Crippen LogP contribution < -0.4 is 10.2 Å². The van der Waals surface area contributed by atoms with Crippen LogP contribution in [-0.2, 0) is 16.0 Å². The molecule has 160 valence electrons. The Hall–Kier alpha value is -2.74. The number of nitrogens with zero attached hydrogens (tertiary/aromatic N) is 1. The zero-order valence-electron chi connectivity index (χ0n) is 16.4. The van der Waals surface area contributed by atoms with E-state index in [1.54, 1.807) is 24.3 Å². The van der Waals surface area contributed by atoms with Crippen LogP contribution in [0, 0.1) is 0 Å². The van der Waals surface area contributed by atoms with Gasteiger partial charge in [0.05, 0.1) is 5.69 Å². The van der Waals surface area contributed by atoms with Gasteiger partial charge >= 0.3 is 6.03 Å². The van der Waals surface area contributed by atoms with Crippen molar-refractivity contribution in [3.05, 3.63) is 103 Å². The van der Waals surface area contributed by atoms with Gasteiger partial charge in [-0.1, -0.05) is 73.8 Å². The van der Waals surface area contributed by atoms with E-state index in [2.05, 4.69) is 37.2 Å². The molecule has 0 bridgehead atoms. The minimum atomic E-state index is -0.782. The number of barbiturate groups is 1. The lowest BCUT2D eigenvalue weighted by molar-refractivity contribution is -0.122. The van der Waals surface area contributed by atoms with Crippen LogP contribution in [0.15, 0.2) is 81.2 Å². The van der Waals surface area contributed by atoms with Crippen molar-refractivity contribution < 1.29 is 14.4 Å². The second kappa shape index (κ2) is 9.40. The quantitative estimate of drug-likeness (QED) is 0.302. The Labute approximate surface area is 206 Å². The number of hydrogen-bond acceptors (Lipinski definition) is 3. The molecule has 1 saturated heterocycles. The zero-order valence-corrected chi connectivity index (χ0v) is 20.4. The predicted octanol–water partition coefficient (Wildman–Crippen LogP) is 6.12. The summed E-state index contributed by atoms with van der Waals surface area (Å²) < 4.78 is 1.62. The first kappa shape index (κ1) is 22.5. The van der Waals surface area contributed by atoms with Crippen LogP contribution in [0.3, 0.4) is 0 Å². The average molecular weight is 575 g/mol. The zero-order chi connectivity index (χ0) is 22.8. The van der Waals surface area contributed by atoms with E-state index in [4.69, 9.17) is 11.6 Å². The van der Waals surface area contributed by atoms with Crippen LogP contribution in [-0.4, -0.2) is 17.8 Å². The third-order valence-electron chi connectivity index (χ3n) is 4.91. The van der Waals surface area contributed by atoms with Crippen molar-refractivity contribution in [2.45, 2.75) is 6.42 Å². The van der Waals surface area contributed by atoms with E-state index in [9.17, 15) is 14.4 Å². The highest BCUT2D eigenvalue weighted by Gasteiger charge is 2.36. The van der Waals surface area contributed by atoms with Gasteiger partial charge in [0.15, 0.2) is 0 Å². The molecular formula is C24H15Br2ClN2O3. The summed E-state index contributed by atoms with van der Waals surface area (Å²) in [4.78, 5) is 38.7. The van der Waals surface area contributed by atoms with Crippen LogP contribution >= 0.6 is 43.5 Å². The smallest absolute Gasteiger partial charge is 0.273 e. The summed E-state index contributed by atoms with van der Waals surface area (Å²) in [5.41, 5.74) is 2.88. The Morgan fingerprint density at radius 1 is 0.906 bits per heavy atom. The van der Waals surface area contributed by atoms with Gasteiger partial charge in [0.1, 0.15) is 5.57 Å². The maximum atomic E-state index is 13.0. The fourth-order valence-corrected chi connectivity index (χ4v) is 4.30. The van der Waals surface area contributed by atoms with Gasteiger partial charge in [0, 0.05) is 20.4 Å². The number of benzene rings is 3. The van der Waals surface area contributed by atoms with E-state index in [-0.39, 0.29) is 5.57 Å². The molecule has 0 atom stereocenters. The lowest BCUT2D eigenvalue weighted by Gasteiger charge is -2.26. The van der Waals surface area contributed by atoms with Crippen molar-refractivity contribution in [1.29, 1.82) is 0 Å². The van der Waals surface area contributed by atoms with Crippen LogP contribution in [0.4, 0.5) is 10.5 Å². The summed E-state index contributed by atoms with van der Waals surface area (Å²) in [5.74, 6) is -1.41. The molecule has 3 aromatic carbocycles. The highest BCUT2D eigenvalue weighted by Crippen LogP contribution is 2.27.